The first-order chi connectivity index (χ1) is 13.7. The third-order valence-corrected chi connectivity index (χ3v) is 9.95. The molecule has 0 aromatic heterocycles. The molecule has 1 N–H and O–H groups in total. The molecule has 0 aliphatic heterocycles. The maximum Gasteiger partial charge on any atom is 0.0819 e. The fourth-order valence-corrected chi connectivity index (χ4v) is 7.50. The number of aliphatic hydroxyl groups excluding tert-OH is 1. The summed E-state index contributed by atoms with van der Waals surface area (Å²) < 4.78 is 0. The summed E-state index contributed by atoms with van der Waals surface area (Å²) in [5, 5.41) is 11.2. The van der Waals surface area contributed by atoms with Crippen molar-refractivity contribution in [3.8, 4) is 0 Å². The number of hydrogen-bond donors (Lipinski definition) is 1. The second-order valence-corrected chi connectivity index (χ2v) is 11.7. The van der Waals surface area contributed by atoms with Crippen LogP contribution in [0.2, 0.25) is 0 Å². The molecular formula is C28H44O. The summed E-state index contributed by atoms with van der Waals surface area (Å²) in [5.74, 6) is 4.18. The SMILES string of the molecule is C=C1CC[C@@H]2C[C@]12[C@H](O)/C=C1\CCC[C@@]2(C)C1CC[C@@H]2[C@H](C)/C=C/[C@H](C)C(C)C. The van der Waals surface area contributed by atoms with Gasteiger partial charge in [-0.05, 0) is 92.3 Å². The van der Waals surface area contributed by atoms with Crippen LogP contribution >= 0.6 is 0 Å². The Morgan fingerprint density at radius 2 is 1.83 bits per heavy atom. The Labute approximate surface area is 179 Å². The van der Waals surface area contributed by atoms with Gasteiger partial charge in [-0.1, -0.05) is 70.6 Å². The molecule has 0 amide bonds. The minimum atomic E-state index is -0.289. The van der Waals surface area contributed by atoms with Crippen LogP contribution < -0.4 is 0 Å². The third-order valence-electron chi connectivity index (χ3n) is 9.95. The summed E-state index contributed by atoms with van der Waals surface area (Å²) in [6.07, 6.45) is 17.1. The molecule has 0 aromatic carbocycles. The lowest BCUT2D eigenvalue weighted by Crippen LogP contribution is -2.36. The normalized spacial score (nSPS) is 43.6. The van der Waals surface area contributed by atoms with Crippen LogP contribution in [0.25, 0.3) is 0 Å². The highest BCUT2D eigenvalue weighted by Gasteiger charge is 2.63. The van der Waals surface area contributed by atoms with Gasteiger partial charge in [0.1, 0.15) is 0 Å². The molecule has 0 aromatic rings. The topological polar surface area (TPSA) is 20.2 Å². The van der Waals surface area contributed by atoms with Gasteiger partial charge >= 0.3 is 0 Å². The van der Waals surface area contributed by atoms with Crippen LogP contribution in [0, 0.1) is 46.3 Å². The fourth-order valence-electron chi connectivity index (χ4n) is 7.50. The minimum absolute atomic E-state index is 0.0574. The monoisotopic (exact) mass is 396 g/mol. The molecular weight excluding hydrogens is 352 g/mol. The van der Waals surface area contributed by atoms with E-state index in [2.05, 4.69) is 59.4 Å². The first-order valence-corrected chi connectivity index (χ1v) is 12.5. The summed E-state index contributed by atoms with van der Waals surface area (Å²) >= 11 is 0. The van der Waals surface area contributed by atoms with Crippen molar-refractivity contribution < 1.29 is 5.11 Å². The van der Waals surface area contributed by atoms with Gasteiger partial charge in [0.2, 0.25) is 0 Å². The molecule has 4 aliphatic rings. The Hall–Kier alpha value is -0.820. The van der Waals surface area contributed by atoms with E-state index in [-0.39, 0.29) is 11.5 Å². The lowest BCUT2D eigenvalue weighted by Gasteiger charge is -2.44. The molecule has 4 fully saturated rings. The number of aliphatic hydroxyl groups is 1. The standard InChI is InChI=1S/C28H44O/c1-18(2)19(3)9-10-20(4)24-13-14-25-22(8-7-15-27(24,25)6)16-26(29)28-17-23(28)12-11-21(28)5/h9-10,16,18-20,23-26,29H,5,7-8,11-15,17H2,1-4,6H3/b10-9+,22-16+/t19-,20+,23+,24+,25?,26+,27+,28-/m0/s1. The molecule has 29 heavy (non-hydrogen) atoms. The summed E-state index contributed by atoms with van der Waals surface area (Å²) in [5.41, 5.74) is 3.37. The van der Waals surface area contributed by atoms with Gasteiger partial charge in [-0.3, -0.25) is 0 Å². The molecule has 0 saturated heterocycles. The average molecular weight is 397 g/mol. The lowest BCUT2D eigenvalue weighted by molar-refractivity contribution is 0.107. The third kappa shape index (κ3) is 3.50. The van der Waals surface area contributed by atoms with Crippen LogP contribution in [-0.2, 0) is 0 Å². The Kier molecular flexibility index (Phi) is 5.69. The van der Waals surface area contributed by atoms with Gasteiger partial charge in [-0.15, -0.1) is 0 Å². The molecule has 0 heterocycles. The summed E-state index contributed by atoms with van der Waals surface area (Å²) in [6.45, 7) is 16.3. The summed E-state index contributed by atoms with van der Waals surface area (Å²) in [6, 6.07) is 0. The number of rotatable bonds is 6. The largest absolute Gasteiger partial charge is 0.388 e. The molecule has 0 spiro atoms. The van der Waals surface area contributed by atoms with E-state index < -0.39 is 0 Å². The van der Waals surface area contributed by atoms with Crippen molar-refractivity contribution in [2.24, 2.45) is 46.3 Å². The van der Waals surface area contributed by atoms with Gasteiger partial charge in [-0.2, -0.15) is 0 Å². The van der Waals surface area contributed by atoms with E-state index >= 15 is 0 Å². The van der Waals surface area contributed by atoms with Gasteiger partial charge in [0.25, 0.3) is 0 Å². The summed E-state index contributed by atoms with van der Waals surface area (Å²) in [7, 11) is 0. The molecule has 1 heteroatoms. The van der Waals surface area contributed by atoms with Gasteiger partial charge < -0.3 is 5.11 Å². The Morgan fingerprint density at radius 1 is 1.07 bits per heavy atom. The van der Waals surface area contributed by atoms with E-state index in [1.807, 2.05) is 0 Å². The highest BCUT2D eigenvalue weighted by atomic mass is 16.3. The van der Waals surface area contributed by atoms with E-state index in [0.29, 0.717) is 35.0 Å². The second-order valence-electron chi connectivity index (χ2n) is 11.7. The van der Waals surface area contributed by atoms with E-state index in [0.717, 1.165) is 12.3 Å². The van der Waals surface area contributed by atoms with Gasteiger partial charge in [0.05, 0.1) is 6.10 Å². The van der Waals surface area contributed by atoms with E-state index in [1.165, 1.54) is 50.5 Å². The Bertz CT molecular complexity index is 699. The first kappa shape index (κ1) is 21.4. The maximum absolute atomic E-state index is 11.2. The van der Waals surface area contributed by atoms with Crippen molar-refractivity contribution in [2.45, 2.75) is 92.1 Å². The van der Waals surface area contributed by atoms with Crippen LogP contribution in [0.5, 0.6) is 0 Å². The molecule has 4 aliphatic carbocycles. The molecule has 8 atom stereocenters. The molecule has 4 saturated carbocycles. The van der Waals surface area contributed by atoms with Crippen LogP contribution in [0.15, 0.2) is 36.0 Å². The van der Waals surface area contributed by atoms with Crippen molar-refractivity contribution in [2.75, 3.05) is 0 Å². The molecule has 4 rings (SSSR count). The smallest absolute Gasteiger partial charge is 0.0819 e. The predicted octanol–water partition coefficient (Wildman–Crippen LogP) is 7.33. The quantitative estimate of drug-likeness (QED) is 0.466. The molecule has 1 nitrogen and oxygen atoms in total. The van der Waals surface area contributed by atoms with Gasteiger partial charge in [0.15, 0.2) is 0 Å². The van der Waals surface area contributed by atoms with Crippen molar-refractivity contribution in [3.63, 3.8) is 0 Å². The second kappa shape index (κ2) is 7.70. The predicted molar refractivity (Wildman–Crippen MR) is 123 cm³/mol. The van der Waals surface area contributed by atoms with E-state index in [9.17, 15) is 5.11 Å². The molecule has 0 bridgehead atoms. The zero-order valence-corrected chi connectivity index (χ0v) is 19.6. The van der Waals surface area contributed by atoms with Gasteiger partial charge in [-0.25, -0.2) is 0 Å². The van der Waals surface area contributed by atoms with Crippen molar-refractivity contribution >= 4 is 0 Å². The van der Waals surface area contributed by atoms with Gasteiger partial charge in [0, 0.05) is 5.41 Å². The van der Waals surface area contributed by atoms with Crippen molar-refractivity contribution in [3.05, 3.63) is 36.0 Å². The van der Waals surface area contributed by atoms with Crippen LogP contribution in [-0.4, -0.2) is 11.2 Å². The zero-order valence-electron chi connectivity index (χ0n) is 19.6. The Balaban J connectivity index is 1.50. The highest BCUT2D eigenvalue weighted by molar-refractivity contribution is 5.35. The molecule has 0 radical (unpaired) electrons. The first-order valence-electron chi connectivity index (χ1n) is 12.5. The molecule has 1 unspecified atom stereocenters. The van der Waals surface area contributed by atoms with Crippen LogP contribution in [0.4, 0.5) is 0 Å². The Morgan fingerprint density at radius 3 is 2.45 bits per heavy atom. The fraction of sp³-hybridized carbons (Fsp3) is 0.786. The lowest BCUT2D eigenvalue weighted by atomic mass is 9.61. The van der Waals surface area contributed by atoms with Crippen LogP contribution in [0.1, 0.15) is 86.0 Å². The maximum atomic E-state index is 11.2. The van der Waals surface area contributed by atoms with Crippen molar-refractivity contribution in [1.29, 1.82) is 0 Å². The number of hydrogen-bond acceptors (Lipinski definition) is 1. The molecule has 162 valence electrons. The van der Waals surface area contributed by atoms with Crippen molar-refractivity contribution in [1.82, 2.24) is 0 Å². The number of allylic oxidation sites excluding steroid dienone is 3. The minimum Gasteiger partial charge on any atom is -0.388 e. The van der Waals surface area contributed by atoms with Crippen LogP contribution in [0.3, 0.4) is 0 Å². The van der Waals surface area contributed by atoms with E-state index in [1.54, 1.807) is 5.57 Å². The highest BCUT2D eigenvalue weighted by Crippen LogP contribution is 2.68. The zero-order chi connectivity index (χ0) is 21.0. The summed E-state index contributed by atoms with van der Waals surface area (Å²) in [4.78, 5) is 0. The van der Waals surface area contributed by atoms with E-state index in [4.69, 9.17) is 0 Å². The average Bonchev–Trinajstić information content (AvgIpc) is 3.19. The number of fused-ring (bicyclic) bond motifs is 2.